The van der Waals surface area contributed by atoms with Gasteiger partial charge < -0.3 is 13.8 Å². The normalized spacial score (nSPS) is 14.5. The lowest BCUT2D eigenvalue weighted by Gasteiger charge is -2.17. The van der Waals surface area contributed by atoms with E-state index in [4.69, 9.17) is 13.8 Å². The molecule has 0 aromatic carbocycles. The topological polar surface area (TPSA) is 61.8 Å². The van der Waals surface area contributed by atoms with Crippen LogP contribution in [0.25, 0.3) is 0 Å². The molecule has 0 saturated heterocycles. The van der Waals surface area contributed by atoms with Crippen LogP contribution in [0.5, 0.6) is 0 Å². The minimum Gasteiger partial charge on any atom is -0.326 e. The first kappa shape index (κ1) is 14.2. The molecule has 2 unspecified atom stereocenters. The standard InChI is InChI=1S/C7H16O5P2/c1-4-10-7(13-8)14(9,11-5-2)12-6-3/h7H,4-6H2,1-3H3/p+1. The van der Waals surface area contributed by atoms with Crippen molar-refractivity contribution in [2.45, 2.75) is 26.4 Å². The van der Waals surface area contributed by atoms with Gasteiger partial charge in [0.1, 0.15) is 0 Å². The van der Waals surface area contributed by atoms with Gasteiger partial charge in [0.05, 0.1) is 13.2 Å². The fourth-order valence-electron chi connectivity index (χ4n) is 0.880. The Balaban J connectivity index is 4.57. The van der Waals surface area contributed by atoms with Gasteiger partial charge in [0.2, 0.25) is 0 Å². The second-order valence-corrected chi connectivity index (χ2v) is 5.61. The Bertz CT molecular complexity index is 198. The van der Waals surface area contributed by atoms with E-state index in [1.165, 1.54) is 0 Å². The fourth-order valence-corrected chi connectivity index (χ4v) is 3.48. The van der Waals surface area contributed by atoms with Gasteiger partial charge in [0, 0.05) is 6.61 Å². The van der Waals surface area contributed by atoms with Crippen molar-refractivity contribution in [2.24, 2.45) is 0 Å². The van der Waals surface area contributed by atoms with Crippen molar-refractivity contribution in [1.82, 2.24) is 0 Å². The highest BCUT2D eigenvalue weighted by atomic mass is 31.2. The second kappa shape index (κ2) is 7.49. The van der Waals surface area contributed by atoms with Crippen LogP contribution >= 0.6 is 16.1 Å². The summed E-state index contributed by atoms with van der Waals surface area (Å²) >= 11 is 0. The van der Waals surface area contributed by atoms with E-state index in [9.17, 15) is 9.13 Å². The molecule has 0 fully saturated rings. The van der Waals surface area contributed by atoms with Crippen molar-refractivity contribution in [3.05, 3.63) is 0 Å². The molecule has 0 saturated carbocycles. The van der Waals surface area contributed by atoms with Gasteiger partial charge in [-0.1, -0.05) is 4.57 Å². The molecular weight excluding hydrogens is 226 g/mol. The van der Waals surface area contributed by atoms with E-state index in [1.807, 2.05) is 0 Å². The predicted octanol–water partition coefficient (Wildman–Crippen LogP) is 2.60. The minimum atomic E-state index is -3.37. The van der Waals surface area contributed by atoms with E-state index in [1.54, 1.807) is 20.8 Å². The van der Waals surface area contributed by atoms with Crippen molar-refractivity contribution >= 4 is 16.1 Å². The van der Waals surface area contributed by atoms with E-state index < -0.39 is 21.6 Å². The van der Waals surface area contributed by atoms with Crippen LogP contribution in [0.4, 0.5) is 0 Å². The molecular formula is C7H17O5P2+. The second-order valence-electron chi connectivity index (χ2n) is 2.30. The summed E-state index contributed by atoms with van der Waals surface area (Å²) in [6.07, 6.45) is 0. The van der Waals surface area contributed by atoms with Crippen LogP contribution in [-0.4, -0.2) is 25.4 Å². The van der Waals surface area contributed by atoms with Crippen LogP contribution in [0.2, 0.25) is 0 Å². The average Bonchev–Trinajstić information content (AvgIpc) is 2.14. The summed E-state index contributed by atoms with van der Waals surface area (Å²) in [4.78, 5) is 0. The Kier molecular flexibility index (Phi) is 7.61. The molecule has 7 heteroatoms. The molecule has 0 amide bonds. The molecule has 0 aromatic heterocycles. The largest absolute Gasteiger partial charge is 0.409 e. The Labute approximate surface area is 85.9 Å². The first-order valence-corrected chi connectivity index (χ1v) is 7.12. The Morgan fingerprint density at radius 3 is 1.93 bits per heavy atom. The fraction of sp³-hybridized carbons (Fsp3) is 1.00. The zero-order chi connectivity index (χ0) is 11.0. The third kappa shape index (κ3) is 4.16. The van der Waals surface area contributed by atoms with Gasteiger partial charge in [-0.05, 0) is 20.8 Å². The van der Waals surface area contributed by atoms with E-state index in [2.05, 4.69) is 0 Å². The van der Waals surface area contributed by atoms with Gasteiger partial charge in [-0.25, -0.2) is 0 Å². The molecule has 0 radical (unpaired) electrons. The van der Waals surface area contributed by atoms with E-state index in [0.29, 0.717) is 6.61 Å². The highest BCUT2D eigenvalue weighted by Gasteiger charge is 2.43. The van der Waals surface area contributed by atoms with Gasteiger partial charge in [-0.2, -0.15) is 0 Å². The zero-order valence-corrected chi connectivity index (χ0v) is 10.6. The van der Waals surface area contributed by atoms with Crippen LogP contribution in [0, 0.1) is 0 Å². The molecule has 0 aliphatic rings. The molecule has 0 aromatic rings. The lowest BCUT2D eigenvalue weighted by Crippen LogP contribution is -2.11. The number of ether oxygens (including phenoxy) is 1. The molecule has 14 heavy (non-hydrogen) atoms. The number of hydrogen-bond donors (Lipinski definition) is 0. The average molecular weight is 243 g/mol. The third-order valence-corrected chi connectivity index (χ3v) is 4.92. The molecule has 0 bridgehead atoms. The van der Waals surface area contributed by atoms with Gasteiger partial charge in [-0.3, -0.25) is 4.57 Å². The van der Waals surface area contributed by atoms with Crippen molar-refractivity contribution in [1.29, 1.82) is 0 Å². The summed E-state index contributed by atoms with van der Waals surface area (Å²) in [7, 11) is -4.23. The van der Waals surface area contributed by atoms with Gasteiger partial charge >= 0.3 is 21.6 Å². The van der Waals surface area contributed by atoms with E-state index in [0.717, 1.165) is 0 Å². The lowest BCUT2D eigenvalue weighted by atomic mass is 10.9. The number of hydrogen-bond acceptors (Lipinski definition) is 5. The minimum absolute atomic E-state index is 0.241. The zero-order valence-electron chi connectivity index (χ0n) is 8.69. The van der Waals surface area contributed by atoms with E-state index >= 15 is 0 Å². The van der Waals surface area contributed by atoms with Crippen LogP contribution in [0.1, 0.15) is 20.8 Å². The molecule has 2 atom stereocenters. The molecule has 0 N–H and O–H groups in total. The van der Waals surface area contributed by atoms with Gasteiger partial charge in [-0.15, -0.1) is 0 Å². The maximum Gasteiger partial charge on any atom is 0.409 e. The van der Waals surface area contributed by atoms with Crippen molar-refractivity contribution in [2.75, 3.05) is 19.8 Å². The quantitative estimate of drug-likeness (QED) is 0.613. The Hall–Kier alpha value is 0.210. The summed E-state index contributed by atoms with van der Waals surface area (Å²) in [5.41, 5.74) is -0.965. The van der Waals surface area contributed by atoms with Crippen LogP contribution < -0.4 is 0 Å². The highest BCUT2D eigenvalue weighted by molar-refractivity contribution is 7.63. The molecule has 0 aliphatic carbocycles. The van der Waals surface area contributed by atoms with Crippen molar-refractivity contribution in [3.63, 3.8) is 0 Å². The van der Waals surface area contributed by atoms with E-state index in [-0.39, 0.29) is 13.2 Å². The monoisotopic (exact) mass is 243 g/mol. The molecule has 0 aliphatic heterocycles. The maximum absolute atomic E-state index is 12.0. The summed E-state index contributed by atoms with van der Waals surface area (Å²) in [6.45, 7) is 5.93. The highest BCUT2D eigenvalue weighted by Crippen LogP contribution is 2.57. The molecule has 0 heterocycles. The number of rotatable bonds is 8. The van der Waals surface area contributed by atoms with Crippen molar-refractivity contribution < 1.29 is 22.9 Å². The Morgan fingerprint density at radius 1 is 1.14 bits per heavy atom. The van der Waals surface area contributed by atoms with Gasteiger partial charge in [0.15, 0.2) is 0 Å². The van der Waals surface area contributed by atoms with Crippen LogP contribution in [-0.2, 0) is 22.9 Å². The third-order valence-electron chi connectivity index (χ3n) is 1.33. The maximum atomic E-state index is 12.0. The van der Waals surface area contributed by atoms with Gasteiger partial charge in [0.25, 0.3) is 0 Å². The lowest BCUT2D eigenvalue weighted by molar-refractivity contribution is 0.121. The molecule has 0 spiro atoms. The smallest absolute Gasteiger partial charge is 0.326 e. The summed E-state index contributed by atoms with van der Waals surface area (Å²) in [5.74, 6) is 0. The first-order valence-electron chi connectivity index (χ1n) is 4.52. The molecule has 84 valence electrons. The molecule has 0 rings (SSSR count). The summed E-state index contributed by atoms with van der Waals surface area (Å²) in [6, 6.07) is 0. The summed E-state index contributed by atoms with van der Waals surface area (Å²) < 4.78 is 37.8. The van der Waals surface area contributed by atoms with Crippen molar-refractivity contribution in [3.8, 4) is 0 Å². The first-order chi connectivity index (χ1) is 6.64. The van der Waals surface area contributed by atoms with Crippen LogP contribution in [0.15, 0.2) is 0 Å². The molecule has 5 nitrogen and oxygen atoms in total. The SMILES string of the molecule is CCOC([PH+]=O)P(=O)(OCC)OCC. The van der Waals surface area contributed by atoms with Crippen LogP contribution in [0.3, 0.4) is 0 Å². The predicted molar refractivity (Wildman–Crippen MR) is 55.3 cm³/mol. The Morgan fingerprint density at radius 2 is 1.64 bits per heavy atom. The summed E-state index contributed by atoms with van der Waals surface area (Å²) in [5, 5.41) is 0.